The third-order valence-electron chi connectivity index (χ3n) is 3.13. The molecule has 0 aliphatic rings. The lowest BCUT2D eigenvalue weighted by Gasteiger charge is -2.15. The number of thiocarbonyl (C=S) groups is 1. The molecule has 106 valence electrons. The van der Waals surface area contributed by atoms with Crippen LogP contribution in [0.1, 0.15) is 36.2 Å². The van der Waals surface area contributed by atoms with E-state index in [-0.39, 0.29) is 0 Å². The van der Waals surface area contributed by atoms with Crippen molar-refractivity contribution in [3.8, 4) is 0 Å². The normalized spacial score (nSPS) is 10.5. The van der Waals surface area contributed by atoms with Crippen LogP contribution in [0.3, 0.4) is 0 Å². The van der Waals surface area contributed by atoms with Crippen LogP contribution in [0.5, 0.6) is 0 Å². The van der Waals surface area contributed by atoms with Gasteiger partial charge in [0.25, 0.3) is 0 Å². The van der Waals surface area contributed by atoms with Crippen molar-refractivity contribution >= 4 is 34.4 Å². The summed E-state index contributed by atoms with van der Waals surface area (Å²) in [4.78, 5) is 0.374. The van der Waals surface area contributed by atoms with Gasteiger partial charge in [-0.25, -0.2) is 0 Å². The molecule has 0 bridgehead atoms. The zero-order valence-electron chi connectivity index (χ0n) is 11.6. The van der Waals surface area contributed by atoms with E-state index < -0.39 is 0 Å². The van der Waals surface area contributed by atoms with Crippen molar-refractivity contribution in [1.29, 1.82) is 0 Å². The molecule has 0 atom stereocenters. The molecule has 0 saturated carbocycles. The fourth-order valence-electron chi connectivity index (χ4n) is 2.14. The van der Waals surface area contributed by atoms with Crippen LogP contribution < -0.4 is 11.1 Å². The second-order valence-corrected chi connectivity index (χ2v) is 5.63. The number of hydrogen-bond donors (Lipinski definition) is 2. The number of nitrogens with zero attached hydrogens (tertiary/aromatic N) is 2. The molecule has 2 rings (SSSR count). The highest BCUT2D eigenvalue weighted by molar-refractivity contribution is 7.80. The maximum atomic E-state index is 5.89. The number of aromatic nitrogens is 2. The Bertz CT molecular complexity index is 593. The molecule has 3 N–H and O–H groups in total. The van der Waals surface area contributed by atoms with Gasteiger partial charge in [-0.1, -0.05) is 26.1 Å². The minimum atomic E-state index is 0.374. The van der Waals surface area contributed by atoms with Gasteiger partial charge in [0.2, 0.25) is 0 Å². The van der Waals surface area contributed by atoms with Gasteiger partial charge < -0.3 is 11.1 Å². The van der Waals surface area contributed by atoms with E-state index >= 15 is 0 Å². The molecule has 2 aromatic rings. The Morgan fingerprint density at radius 1 is 1.35 bits per heavy atom. The third kappa shape index (κ3) is 3.13. The Kier molecular flexibility index (Phi) is 5.03. The van der Waals surface area contributed by atoms with Crippen LogP contribution >= 0.6 is 23.6 Å². The van der Waals surface area contributed by atoms with Gasteiger partial charge in [-0.15, -0.1) is 5.10 Å². The van der Waals surface area contributed by atoms with Crippen molar-refractivity contribution in [2.75, 3.05) is 5.32 Å². The van der Waals surface area contributed by atoms with Crippen LogP contribution in [0.15, 0.2) is 16.8 Å². The lowest BCUT2D eigenvalue weighted by Crippen LogP contribution is -2.19. The van der Waals surface area contributed by atoms with E-state index in [9.17, 15) is 0 Å². The number of rotatable bonds is 6. The SMILES string of the molecule is CCc1nnc(NCc2ccsc2)c(C(N)=S)c1CC. The van der Waals surface area contributed by atoms with Gasteiger partial charge in [-0.2, -0.15) is 16.4 Å². The lowest BCUT2D eigenvalue weighted by atomic mass is 10.0. The summed E-state index contributed by atoms with van der Waals surface area (Å²) in [6.45, 7) is 4.84. The first kappa shape index (κ1) is 14.9. The average Bonchev–Trinajstić information content (AvgIpc) is 2.96. The van der Waals surface area contributed by atoms with E-state index in [2.05, 4.69) is 46.2 Å². The first-order valence-corrected chi connectivity index (χ1v) is 7.95. The molecule has 0 aliphatic carbocycles. The predicted octanol–water partition coefficient (Wildman–Crippen LogP) is 2.91. The van der Waals surface area contributed by atoms with Gasteiger partial charge in [0.15, 0.2) is 5.82 Å². The summed E-state index contributed by atoms with van der Waals surface area (Å²) in [5.41, 5.74) is 10.0. The number of hydrogen-bond acceptors (Lipinski definition) is 5. The summed E-state index contributed by atoms with van der Waals surface area (Å²) in [6, 6.07) is 2.08. The quantitative estimate of drug-likeness (QED) is 0.803. The monoisotopic (exact) mass is 306 g/mol. The van der Waals surface area contributed by atoms with Gasteiger partial charge in [-0.05, 0) is 40.8 Å². The molecular weight excluding hydrogens is 288 g/mol. The smallest absolute Gasteiger partial charge is 0.159 e. The molecule has 4 nitrogen and oxygen atoms in total. The van der Waals surface area contributed by atoms with Crippen molar-refractivity contribution < 1.29 is 0 Å². The molecule has 0 unspecified atom stereocenters. The number of nitrogens with one attached hydrogen (secondary N) is 1. The van der Waals surface area contributed by atoms with Crippen molar-refractivity contribution in [2.45, 2.75) is 33.2 Å². The second-order valence-electron chi connectivity index (χ2n) is 4.41. The van der Waals surface area contributed by atoms with Gasteiger partial charge in [0.1, 0.15) is 4.99 Å². The number of anilines is 1. The van der Waals surface area contributed by atoms with Gasteiger partial charge >= 0.3 is 0 Å². The molecule has 0 spiro atoms. The van der Waals surface area contributed by atoms with E-state index in [4.69, 9.17) is 18.0 Å². The van der Waals surface area contributed by atoms with E-state index in [0.29, 0.717) is 17.4 Å². The van der Waals surface area contributed by atoms with E-state index in [1.165, 1.54) is 5.56 Å². The highest BCUT2D eigenvalue weighted by atomic mass is 32.1. The number of nitrogens with two attached hydrogens (primary N) is 1. The molecule has 2 heterocycles. The molecule has 0 amide bonds. The fraction of sp³-hybridized carbons (Fsp3) is 0.357. The predicted molar refractivity (Wildman–Crippen MR) is 88.3 cm³/mol. The van der Waals surface area contributed by atoms with E-state index in [1.54, 1.807) is 11.3 Å². The van der Waals surface area contributed by atoms with Crippen LogP contribution in [0.4, 0.5) is 5.82 Å². The van der Waals surface area contributed by atoms with Crippen LogP contribution in [-0.4, -0.2) is 15.2 Å². The molecule has 0 fully saturated rings. The van der Waals surface area contributed by atoms with Crippen molar-refractivity contribution in [3.05, 3.63) is 39.2 Å². The molecule has 0 aromatic carbocycles. The van der Waals surface area contributed by atoms with Crippen LogP contribution in [0, 0.1) is 0 Å². The Balaban J connectivity index is 2.34. The largest absolute Gasteiger partial charge is 0.389 e. The summed E-state index contributed by atoms with van der Waals surface area (Å²) >= 11 is 6.87. The third-order valence-corrected chi connectivity index (χ3v) is 4.07. The topological polar surface area (TPSA) is 63.8 Å². The fourth-order valence-corrected chi connectivity index (χ4v) is 3.03. The van der Waals surface area contributed by atoms with Crippen LogP contribution in [0.2, 0.25) is 0 Å². The Hall–Kier alpha value is -1.53. The first-order chi connectivity index (χ1) is 9.67. The molecule has 0 saturated heterocycles. The Labute approximate surface area is 128 Å². The summed E-state index contributed by atoms with van der Waals surface area (Å²) in [6.07, 6.45) is 1.68. The second kappa shape index (κ2) is 6.76. The number of thiophene rings is 1. The summed E-state index contributed by atoms with van der Waals surface area (Å²) in [5, 5.41) is 16.0. The Morgan fingerprint density at radius 2 is 2.15 bits per heavy atom. The minimum absolute atomic E-state index is 0.374. The molecule has 6 heteroatoms. The zero-order valence-corrected chi connectivity index (χ0v) is 13.3. The zero-order chi connectivity index (χ0) is 14.5. The molecule has 20 heavy (non-hydrogen) atoms. The van der Waals surface area contributed by atoms with Gasteiger partial charge in [0.05, 0.1) is 11.3 Å². The summed E-state index contributed by atoms with van der Waals surface area (Å²) in [5.74, 6) is 0.678. The molecule has 0 aliphatic heterocycles. The van der Waals surface area contributed by atoms with Gasteiger partial charge in [0, 0.05) is 6.54 Å². The molecular formula is C14H18N4S2. The maximum Gasteiger partial charge on any atom is 0.159 e. The van der Waals surface area contributed by atoms with Crippen LogP contribution in [-0.2, 0) is 19.4 Å². The van der Waals surface area contributed by atoms with Crippen molar-refractivity contribution in [2.24, 2.45) is 5.73 Å². The van der Waals surface area contributed by atoms with Crippen molar-refractivity contribution in [3.63, 3.8) is 0 Å². The summed E-state index contributed by atoms with van der Waals surface area (Å²) in [7, 11) is 0. The molecule has 0 radical (unpaired) electrons. The average molecular weight is 306 g/mol. The summed E-state index contributed by atoms with van der Waals surface area (Å²) < 4.78 is 0. The lowest BCUT2D eigenvalue weighted by molar-refractivity contribution is 0.871. The highest BCUT2D eigenvalue weighted by Gasteiger charge is 2.16. The van der Waals surface area contributed by atoms with Crippen LogP contribution in [0.25, 0.3) is 0 Å². The van der Waals surface area contributed by atoms with Gasteiger partial charge in [-0.3, -0.25) is 0 Å². The van der Waals surface area contributed by atoms with E-state index in [1.807, 2.05) is 0 Å². The Morgan fingerprint density at radius 3 is 2.70 bits per heavy atom. The first-order valence-electron chi connectivity index (χ1n) is 6.60. The standard InChI is InChI=1S/C14H18N4S2/c1-3-10-11(4-2)17-18-14(12(10)13(15)19)16-7-9-5-6-20-8-9/h5-6,8H,3-4,7H2,1-2H3,(H2,15,19)(H,16,18). The maximum absolute atomic E-state index is 5.89. The minimum Gasteiger partial charge on any atom is -0.389 e. The van der Waals surface area contributed by atoms with Crippen molar-refractivity contribution in [1.82, 2.24) is 10.2 Å². The molecule has 2 aromatic heterocycles. The number of aryl methyl sites for hydroxylation is 1. The highest BCUT2D eigenvalue weighted by Crippen LogP contribution is 2.21. The van der Waals surface area contributed by atoms with E-state index in [0.717, 1.165) is 29.7 Å².